The normalized spacial score (nSPS) is 17.3. The van der Waals surface area contributed by atoms with Crippen LogP contribution in [0.15, 0.2) is 41.3 Å². The Hall–Kier alpha value is -1.77. The highest BCUT2D eigenvalue weighted by molar-refractivity contribution is 7.89. The van der Waals surface area contributed by atoms with Crippen molar-refractivity contribution in [2.24, 2.45) is 0 Å². The van der Waals surface area contributed by atoms with Gasteiger partial charge in [0.1, 0.15) is 0 Å². The van der Waals surface area contributed by atoms with Crippen molar-refractivity contribution in [3.05, 3.63) is 46.5 Å². The van der Waals surface area contributed by atoms with E-state index in [1.165, 1.54) is 33.5 Å². The molecular weight excluding hydrogens is 306 g/mol. The summed E-state index contributed by atoms with van der Waals surface area (Å²) in [6, 6.07) is 5.48. The zero-order valence-corrected chi connectivity index (χ0v) is 13.3. The summed E-state index contributed by atoms with van der Waals surface area (Å²) in [7, 11) is -3.83. The molecule has 7 nitrogen and oxygen atoms in total. The van der Waals surface area contributed by atoms with E-state index in [0.717, 1.165) is 12.1 Å². The average molecular weight is 326 g/mol. The van der Waals surface area contributed by atoms with Gasteiger partial charge in [0.15, 0.2) is 4.90 Å². The lowest BCUT2D eigenvalue weighted by atomic mass is 10.3. The van der Waals surface area contributed by atoms with E-state index in [1.54, 1.807) is 0 Å². The van der Waals surface area contributed by atoms with E-state index in [4.69, 9.17) is 0 Å². The maximum absolute atomic E-state index is 12.6. The Morgan fingerprint density at radius 3 is 2.50 bits per heavy atom. The molecule has 0 aromatic heterocycles. The first-order valence-corrected chi connectivity index (χ1v) is 8.48. The number of hydrogen-bond acceptors (Lipinski definition) is 4. The third kappa shape index (κ3) is 3.52. The van der Waals surface area contributed by atoms with Crippen molar-refractivity contribution >= 4 is 15.7 Å². The van der Waals surface area contributed by atoms with Crippen molar-refractivity contribution < 1.29 is 18.2 Å². The van der Waals surface area contributed by atoms with Crippen LogP contribution in [0.2, 0.25) is 0 Å². The maximum atomic E-state index is 12.6. The molecule has 0 unspecified atom stereocenters. The number of nitro groups is 1. The highest BCUT2D eigenvalue weighted by Crippen LogP contribution is 2.26. The standard InChI is InChI=1S/C14H19N3O4S/c1-12(2)11-15-7-9-16(10-8-15)22(20,21)14-6-4-3-5-13(14)17(18)19/h3-6H,1,7-11H2,2H3/p+1. The van der Waals surface area contributed by atoms with Crippen LogP contribution in [0.5, 0.6) is 0 Å². The molecule has 0 amide bonds. The first-order valence-electron chi connectivity index (χ1n) is 7.04. The van der Waals surface area contributed by atoms with Crippen LogP contribution >= 0.6 is 0 Å². The van der Waals surface area contributed by atoms with E-state index in [9.17, 15) is 18.5 Å². The van der Waals surface area contributed by atoms with Gasteiger partial charge < -0.3 is 4.90 Å². The Kier molecular flexibility index (Phi) is 4.94. The molecule has 0 aliphatic carbocycles. The molecule has 22 heavy (non-hydrogen) atoms. The molecule has 0 atom stereocenters. The summed E-state index contributed by atoms with van der Waals surface area (Å²) >= 11 is 0. The summed E-state index contributed by atoms with van der Waals surface area (Å²) in [6.45, 7) is 8.70. The number of rotatable bonds is 5. The molecule has 0 bridgehead atoms. The van der Waals surface area contributed by atoms with Gasteiger partial charge in [0.2, 0.25) is 10.0 Å². The second-order valence-corrected chi connectivity index (χ2v) is 7.42. The topological polar surface area (TPSA) is 85.0 Å². The van der Waals surface area contributed by atoms with Gasteiger partial charge in [-0.1, -0.05) is 18.7 Å². The van der Waals surface area contributed by atoms with Crippen molar-refractivity contribution in [3.63, 3.8) is 0 Å². The number of hydrogen-bond donors (Lipinski definition) is 1. The Balaban J connectivity index is 2.19. The van der Waals surface area contributed by atoms with Crippen molar-refractivity contribution in [3.8, 4) is 0 Å². The minimum absolute atomic E-state index is 0.233. The Morgan fingerprint density at radius 1 is 1.36 bits per heavy atom. The fraction of sp³-hybridized carbons (Fsp3) is 0.429. The minimum atomic E-state index is -3.83. The molecule has 1 fully saturated rings. The van der Waals surface area contributed by atoms with Crippen molar-refractivity contribution in [2.75, 3.05) is 32.7 Å². The zero-order valence-electron chi connectivity index (χ0n) is 12.5. The number of benzene rings is 1. The molecule has 1 aliphatic heterocycles. The number of sulfonamides is 1. The Morgan fingerprint density at radius 2 is 1.95 bits per heavy atom. The summed E-state index contributed by atoms with van der Waals surface area (Å²) in [6.07, 6.45) is 0. The number of para-hydroxylation sites is 1. The fourth-order valence-electron chi connectivity index (χ4n) is 2.61. The van der Waals surface area contributed by atoms with Crippen LogP contribution < -0.4 is 4.90 Å². The minimum Gasteiger partial charge on any atom is -0.329 e. The molecular formula is C14H20N3O4S+. The molecule has 1 heterocycles. The number of nitrogens with zero attached hydrogens (tertiary/aromatic N) is 2. The lowest BCUT2D eigenvalue weighted by molar-refractivity contribution is -0.898. The van der Waals surface area contributed by atoms with Crippen LogP contribution in [0.25, 0.3) is 0 Å². The van der Waals surface area contributed by atoms with E-state index < -0.39 is 14.9 Å². The van der Waals surface area contributed by atoms with Crippen LogP contribution in [0, 0.1) is 10.1 Å². The summed E-state index contributed by atoms with van der Waals surface area (Å²) in [4.78, 5) is 11.4. The summed E-state index contributed by atoms with van der Waals surface area (Å²) in [5.74, 6) is 0. The van der Waals surface area contributed by atoms with Crippen molar-refractivity contribution in [2.45, 2.75) is 11.8 Å². The fourth-order valence-corrected chi connectivity index (χ4v) is 4.21. The SMILES string of the molecule is C=C(C)C[NH+]1CCN(S(=O)(=O)c2ccccc2[N+](=O)[O-])CC1. The Labute approximate surface area is 130 Å². The van der Waals surface area contributed by atoms with Gasteiger partial charge in [-0.3, -0.25) is 10.1 Å². The number of nitrogens with one attached hydrogen (secondary N) is 1. The highest BCUT2D eigenvalue weighted by atomic mass is 32.2. The number of quaternary nitrogens is 1. The van der Waals surface area contributed by atoms with Crippen LogP contribution in [0.4, 0.5) is 5.69 Å². The van der Waals surface area contributed by atoms with E-state index in [1.807, 2.05) is 6.92 Å². The number of piperazine rings is 1. The molecule has 1 N–H and O–H groups in total. The molecule has 2 rings (SSSR count). The zero-order chi connectivity index (χ0) is 16.3. The van der Waals surface area contributed by atoms with Gasteiger partial charge in [0.25, 0.3) is 5.69 Å². The van der Waals surface area contributed by atoms with Crippen LogP contribution in [0.3, 0.4) is 0 Å². The van der Waals surface area contributed by atoms with Gasteiger partial charge in [-0.15, -0.1) is 0 Å². The number of nitro benzene ring substituents is 1. The predicted molar refractivity (Wildman–Crippen MR) is 82.2 cm³/mol. The Bertz CT molecular complexity index is 679. The van der Waals surface area contributed by atoms with Crippen LogP contribution in [-0.2, 0) is 10.0 Å². The van der Waals surface area contributed by atoms with Crippen molar-refractivity contribution in [1.82, 2.24) is 4.31 Å². The lowest BCUT2D eigenvalue weighted by Gasteiger charge is -2.31. The summed E-state index contributed by atoms with van der Waals surface area (Å²) < 4.78 is 26.6. The first kappa shape index (κ1) is 16.6. The van der Waals surface area contributed by atoms with Gasteiger partial charge in [-0.2, -0.15) is 4.31 Å². The maximum Gasteiger partial charge on any atom is 0.289 e. The molecule has 1 aromatic rings. The van der Waals surface area contributed by atoms with E-state index in [-0.39, 0.29) is 10.6 Å². The molecule has 1 aromatic carbocycles. The van der Waals surface area contributed by atoms with Gasteiger partial charge in [0.05, 0.1) is 37.6 Å². The molecule has 0 saturated carbocycles. The second kappa shape index (κ2) is 6.55. The molecule has 0 radical (unpaired) electrons. The van der Waals surface area contributed by atoms with Crippen molar-refractivity contribution in [1.29, 1.82) is 0 Å². The van der Waals surface area contributed by atoms with Gasteiger partial charge >= 0.3 is 0 Å². The van der Waals surface area contributed by atoms with Crippen LogP contribution in [0.1, 0.15) is 6.92 Å². The molecule has 120 valence electrons. The van der Waals surface area contributed by atoms with E-state index in [2.05, 4.69) is 6.58 Å². The summed E-state index contributed by atoms with van der Waals surface area (Å²) in [5.41, 5.74) is 0.684. The van der Waals surface area contributed by atoms with E-state index >= 15 is 0 Å². The molecule has 8 heteroatoms. The monoisotopic (exact) mass is 326 g/mol. The second-order valence-electron chi connectivity index (χ2n) is 5.51. The summed E-state index contributed by atoms with van der Waals surface area (Å²) in [5, 5.41) is 11.0. The van der Waals surface area contributed by atoms with Gasteiger partial charge in [0, 0.05) is 6.07 Å². The third-order valence-electron chi connectivity index (χ3n) is 3.66. The van der Waals surface area contributed by atoms with Crippen LogP contribution in [-0.4, -0.2) is 50.4 Å². The lowest BCUT2D eigenvalue weighted by Crippen LogP contribution is -3.14. The quantitative estimate of drug-likeness (QED) is 0.471. The molecule has 1 saturated heterocycles. The third-order valence-corrected chi connectivity index (χ3v) is 5.61. The smallest absolute Gasteiger partial charge is 0.289 e. The highest BCUT2D eigenvalue weighted by Gasteiger charge is 2.34. The largest absolute Gasteiger partial charge is 0.329 e. The molecule has 1 aliphatic rings. The molecule has 0 spiro atoms. The van der Waals surface area contributed by atoms with Gasteiger partial charge in [-0.25, -0.2) is 8.42 Å². The first-order chi connectivity index (χ1) is 10.3. The van der Waals surface area contributed by atoms with E-state index in [0.29, 0.717) is 26.2 Å². The average Bonchev–Trinajstić information content (AvgIpc) is 2.47. The predicted octanol–water partition coefficient (Wildman–Crippen LogP) is 0.0601. The van der Waals surface area contributed by atoms with Gasteiger partial charge in [-0.05, 0) is 18.6 Å².